The molecule has 0 saturated carbocycles. The molecule has 0 fully saturated rings. The molecular weight excluding hydrogens is 372 g/mol. The Morgan fingerprint density at radius 1 is 1.14 bits per heavy atom. The molecule has 0 radical (unpaired) electrons. The van der Waals surface area contributed by atoms with Gasteiger partial charge in [0.2, 0.25) is 0 Å². The van der Waals surface area contributed by atoms with Crippen molar-refractivity contribution in [2.24, 2.45) is 0 Å². The lowest BCUT2D eigenvalue weighted by Crippen LogP contribution is -2.29. The summed E-state index contributed by atoms with van der Waals surface area (Å²) >= 11 is 0. The number of benzene rings is 2. The lowest BCUT2D eigenvalue weighted by molar-refractivity contribution is -0.384. The first kappa shape index (κ1) is 18.2. The highest BCUT2D eigenvalue weighted by Crippen LogP contribution is 2.26. The zero-order valence-electron chi connectivity index (χ0n) is 15.1. The summed E-state index contributed by atoms with van der Waals surface area (Å²) < 4.78 is 7.01. The van der Waals surface area contributed by atoms with Crippen LogP contribution in [0.3, 0.4) is 0 Å². The van der Waals surface area contributed by atoms with Gasteiger partial charge in [0.25, 0.3) is 11.6 Å². The van der Waals surface area contributed by atoms with Crippen molar-refractivity contribution in [1.29, 1.82) is 0 Å². The number of carbonyl (C=O) groups excluding carboxylic acids is 1. The van der Waals surface area contributed by atoms with Crippen LogP contribution in [0.25, 0.3) is 5.69 Å². The number of furan rings is 1. The van der Waals surface area contributed by atoms with Crippen LogP contribution in [0.4, 0.5) is 5.69 Å². The largest absolute Gasteiger partial charge is 0.467 e. The zero-order valence-corrected chi connectivity index (χ0v) is 15.1. The van der Waals surface area contributed by atoms with Gasteiger partial charge in [0, 0.05) is 24.0 Å². The maximum atomic E-state index is 12.9. The highest BCUT2D eigenvalue weighted by Gasteiger charge is 2.23. The molecule has 4 rings (SSSR count). The van der Waals surface area contributed by atoms with Gasteiger partial charge in [-0.15, -0.1) is 0 Å². The van der Waals surface area contributed by atoms with Crippen molar-refractivity contribution in [3.05, 3.63) is 113 Å². The second-order valence-corrected chi connectivity index (χ2v) is 6.26. The van der Waals surface area contributed by atoms with E-state index in [2.05, 4.69) is 10.3 Å². The number of hydrogen-bond donors (Lipinski definition) is 1. The number of hydrogen-bond acceptors (Lipinski definition) is 5. The number of nitro benzene ring substituents is 1. The molecule has 2 aromatic heterocycles. The van der Waals surface area contributed by atoms with Crippen molar-refractivity contribution >= 4 is 11.6 Å². The van der Waals surface area contributed by atoms with E-state index in [1.54, 1.807) is 24.4 Å². The zero-order chi connectivity index (χ0) is 20.2. The molecule has 144 valence electrons. The molecule has 1 amide bonds. The fourth-order valence-corrected chi connectivity index (χ4v) is 3.07. The molecule has 4 aromatic rings. The van der Waals surface area contributed by atoms with E-state index in [9.17, 15) is 14.9 Å². The second kappa shape index (κ2) is 7.81. The maximum absolute atomic E-state index is 12.9. The Balaban J connectivity index is 1.67. The average Bonchev–Trinajstić information content (AvgIpc) is 3.46. The van der Waals surface area contributed by atoms with E-state index in [0.29, 0.717) is 11.4 Å². The summed E-state index contributed by atoms with van der Waals surface area (Å²) in [6.45, 7) is 0. The quantitative estimate of drug-likeness (QED) is 0.399. The fourth-order valence-electron chi connectivity index (χ4n) is 3.07. The van der Waals surface area contributed by atoms with Crippen LogP contribution in [0.1, 0.15) is 27.7 Å². The lowest BCUT2D eigenvalue weighted by atomic mass is 10.0. The van der Waals surface area contributed by atoms with Gasteiger partial charge in [-0.1, -0.05) is 30.3 Å². The third-order valence-corrected chi connectivity index (χ3v) is 4.45. The van der Waals surface area contributed by atoms with Gasteiger partial charge in [-0.05, 0) is 29.8 Å². The highest BCUT2D eigenvalue weighted by molar-refractivity contribution is 5.95. The van der Waals surface area contributed by atoms with Crippen LogP contribution in [0.2, 0.25) is 0 Å². The normalized spacial score (nSPS) is 11.7. The van der Waals surface area contributed by atoms with Gasteiger partial charge in [0.15, 0.2) is 0 Å². The Bertz CT molecular complexity index is 1120. The first-order chi connectivity index (χ1) is 14.1. The Hall–Kier alpha value is -4.20. The van der Waals surface area contributed by atoms with Crippen molar-refractivity contribution in [2.75, 3.05) is 0 Å². The second-order valence-electron chi connectivity index (χ2n) is 6.26. The molecule has 1 unspecified atom stereocenters. The summed E-state index contributed by atoms with van der Waals surface area (Å²) in [5, 5.41) is 14.4. The number of carbonyl (C=O) groups is 1. The minimum atomic E-state index is -0.522. The number of rotatable bonds is 6. The van der Waals surface area contributed by atoms with Crippen LogP contribution in [-0.2, 0) is 0 Å². The van der Waals surface area contributed by atoms with Gasteiger partial charge in [0.1, 0.15) is 17.5 Å². The Labute approximate surface area is 165 Å². The third-order valence-electron chi connectivity index (χ3n) is 4.45. The van der Waals surface area contributed by atoms with Crippen molar-refractivity contribution in [3.8, 4) is 5.69 Å². The van der Waals surface area contributed by atoms with E-state index in [1.165, 1.54) is 35.5 Å². The van der Waals surface area contributed by atoms with Crippen LogP contribution in [0.5, 0.6) is 0 Å². The Morgan fingerprint density at radius 2 is 1.97 bits per heavy atom. The van der Waals surface area contributed by atoms with Crippen molar-refractivity contribution in [2.45, 2.75) is 6.04 Å². The summed E-state index contributed by atoms with van der Waals surface area (Å²) in [5.74, 6) is 0.115. The molecule has 0 aliphatic rings. The number of nitrogens with one attached hydrogen (secondary N) is 1. The third kappa shape index (κ3) is 3.77. The molecule has 1 N–H and O–H groups in total. The van der Waals surface area contributed by atoms with Gasteiger partial charge < -0.3 is 14.3 Å². The van der Waals surface area contributed by atoms with Crippen LogP contribution in [0, 0.1) is 10.1 Å². The van der Waals surface area contributed by atoms with Crippen LogP contribution >= 0.6 is 0 Å². The average molecular weight is 388 g/mol. The van der Waals surface area contributed by atoms with E-state index in [4.69, 9.17) is 4.42 Å². The van der Waals surface area contributed by atoms with Gasteiger partial charge in [-0.3, -0.25) is 14.9 Å². The molecule has 8 heteroatoms. The SMILES string of the molecule is O=C(NC(c1ccccc1)c1ccco1)c1ccc(-n2ccnc2)c([N+](=O)[O-])c1. The van der Waals surface area contributed by atoms with Gasteiger partial charge in [0.05, 0.1) is 17.5 Å². The minimum absolute atomic E-state index is 0.174. The molecule has 1 atom stereocenters. The monoisotopic (exact) mass is 388 g/mol. The molecular formula is C21H16N4O4. The molecule has 0 saturated heterocycles. The summed E-state index contributed by atoms with van der Waals surface area (Å²) in [7, 11) is 0. The minimum Gasteiger partial charge on any atom is -0.467 e. The van der Waals surface area contributed by atoms with Gasteiger partial charge in [-0.2, -0.15) is 0 Å². The first-order valence-corrected chi connectivity index (χ1v) is 8.79. The molecule has 0 spiro atoms. The maximum Gasteiger partial charge on any atom is 0.294 e. The summed E-state index contributed by atoms with van der Waals surface area (Å²) in [5.41, 5.74) is 1.15. The topological polar surface area (TPSA) is 103 Å². The van der Waals surface area contributed by atoms with Crippen LogP contribution in [0.15, 0.2) is 90.1 Å². The number of nitrogens with zero attached hydrogens (tertiary/aromatic N) is 3. The number of amides is 1. The molecule has 0 aliphatic carbocycles. The predicted molar refractivity (Wildman–Crippen MR) is 105 cm³/mol. The molecule has 8 nitrogen and oxygen atoms in total. The standard InChI is InChI=1S/C21H16N4O4/c26-21(23-20(19-7-4-12-29-19)15-5-2-1-3-6-15)16-8-9-17(18(13-16)25(27)28)24-11-10-22-14-24/h1-14,20H,(H,23,26). The van der Waals surface area contributed by atoms with E-state index >= 15 is 0 Å². The van der Waals surface area contributed by atoms with Crippen molar-refractivity contribution in [3.63, 3.8) is 0 Å². The number of aromatic nitrogens is 2. The van der Waals surface area contributed by atoms with E-state index in [1.807, 2.05) is 30.3 Å². The highest BCUT2D eigenvalue weighted by atomic mass is 16.6. The van der Waals surface area contributed by atoms with Crippen molar-refractivity contribution < 1.29 is 14.1 Å². The summed E-state index contributed by atoms with van der Waals surface area (Å²) in [6.07, 6.45) is 6.12. The Morgan fingerprint density at radius 3 is 2.62 bits per heavy atom. The predicted octanol–water partition coefficient (Wildman–Crippen LogP) is 3.89. The first-order valence-electron chi connectivity index (χ1n) is 8.79. The molecule has 29 heavy (non-hydrogen) atoms. The number of imidazole rings is 1. The van der Waals surface area contributed by atoms with E-state index in [-0.39, 0.29) is 11.3 Å². The molecule has 0 bridgehead atoms. The van der Waals surface area contributed by atoms with Gasteiger partial charge in [-0.25, -0.2) is 4.98 Å². The molecule has 2 aromatic carbocycles. The van der Waals surface area contributed by atoms with Crippen LogP contribution in [-0.4, -0.2) is 20.4 Å². The Kier molecular flexibility index (Phi) is 4.90. The summed E-state index contributed by atoms with van der Waals surface area (Å²) in [6, 6.07) is 16.7. The molecule has 2 heterocycles. The van der Waals surface area contributed by atoms with E-state index < -0.39 is 16.9 Å². The van der Waals surface area contributed by atoms with E-state index in [0.717, 1.165) is 5.56 Å². The summed E-state index contributed by atoms with van der Waals surface area (Å²) in [4.78, 5) is 27.8. The van der Waals surface area contributed by atoms with Crippen molar-refractivity contribution in [1.82, 2.24) is 14.9 Å². The lowest BCUT2D eigenvalue weighted by Gasteiger charge is -2.17. The number of nitro groups is 1. The van der Waals surface area contributed by atoms with Gasteiger partial charge >= 0.3 is 0 Å². The molecule has 0 aliphatic heterocycles. The fraction of sp³-hybridized carbons (Fsp3) is 0.0476. The van der Waals surface area contributed by atoms with Crippen LogP contribution < -0.4 is 5.32 Å². The smallest absolute Gasteiger partial charge is 0.294 e.